The van der Waals surface area contributed by atoms with Gasteiger partial charge in [0.25, 0.3) is 0 Å². The molecule has 2 unspecified atom stereocenters. The quantitative estimate of drug-likeness (QED) is 0.607. The molecule has 2 N–H and O–H groups in total. The molecule has 1 saturated carbocycles. The minimum Gasteiger partial charge on any atom is -0.375 e. The van der Waals surface area contributed by atoms with E-state index in [0.717, 1.165) is 38.5 Å². The van der Waals surface area contributed by atoms with E-state index in [1.165, 1.54) is 25.7 Å². The molecule has 0 aromatic heterocycles. The van der Waals surface area contributed by atoms with Crippen molar-refractivity contribution in [2.45, 2.75) is 166 Å². The topological polar surface area (TPSA) is 42.5 Å². The van der Waals surface area contributed by atoms with Gasteiger partial charge in [0.1, 0.15) is 0 Å². The first-order valence-electron chi connectivity index (χ1n) is 12.6. The summed E-state index contributed by atoms with van der Waals surface area (Å²) in [6.45, 7) is 18.6. The Labute approximate surface area is 186 Å². The van der Waals surface area contributed by atoms with Crippen molar-refractivity contribution >= 4 is 0 Å². The van der Waals surface area contributed by atoms with Crippen LogP contribution in [-0.2, 0) is 9.47 Å². The normalized spacial score (nSPS) is 38.4. The van der Waals surface area contributed by atoms with E-state index in [1.807, 2.05) is 0 Å². The highest BCUT2D eigenvalue weighted by molar-refractivity contribution is 4.96. The molecule has 3 aliphatic rings. The van der Waals surface area contributed by atoms with Gasteiger partial charge < -0.3 is 20.1 Å². The molecule has 1 aliphatic carbocycles. The van der Waals surface area contributed by atoms with Gasteiger partial charge in [-0.15, -0.1) is 0 Å². The minimum atomic E-state index is 0.138. The molecular formula is C26H50N2O2. The van der Waals surface area contributed by atoms with Gasteiger partial charge in [0.15, 0.2) is 0 Å². The molecule has 2 aliphatic heterocycles. The molecule has 0 aromatic carbocycles. The van der Waals surface area contributed by atoms with Gasteiger partial charge in [0.05, 0.1) is 24.4 Å². The highest BCUT2D eigenvalue weighted by atomic mass is 16.5. The van der Waals surface area contributed by atoms with E-state index in [9.17, 15) is 0 Å². The summed E-state index contributed by atoms with van der Waals surface area (Å²) in [6, 6.07) is 0. The van der Waals surface area contributed by atoms with E-state index >= 15 is 0 Å². The molecule has 3 fully saturated rings. The number of hydrogen-bond acceptors (Lipinski definition) is 4. The van der Waals surface area contributed by atoms with Gasteiger partial charge in [-0.3, -0.25) is 0 Å². The molecule has 0 aromatic rings. The lowest BCUT2D eigenvalue weighted by Gasteiger charge is -2.37. The second-order valence-electron chi connectivity index (χ2n) is 13.2. The summed E-state index contributed by atoms with van der Waals surface area (Å²) in [6.07, 6.45) is 13.1. The molecule has 30 heavy (non-hydrogen) atoms. The van der Waals surface area contributed by atoms with Crippen LogP contribution in [0, 0.1) is 0 Å². The molecule has 0 bridgehead atoms. The van der Waals surface area contributed by atoms with Crippen LogP contribution in [0.25, 0.3) is 0 Å². The summed E-state index contributed by atoms with van der Waals surface area (Å²) in [5, 5.41) is 7.65. The highest BCUT2D eigenvalue weighted by Gasteiger charge is 2.38. The SMILES string of the molecule is CC1(C)CCC(OC2CCC(OC3CCC(C)(C)NC(C)(C)C3)CC2)CC(C)(C)N1. The van der Waals surface area contributed by atoms with Crippen molar-refractivity contribution in [3.63, 3.8) is 0 Å². The molecule has 2 atom stereocenters. The largest absolute Gasteiger partial charge is 0.375 e. The van der Waals surface area contributed by atoms with Gasteiger partial charge in [-0.1, -0.05) is 0 Å². The van der Waals surface area contributed by atoms with E-state index in [4.69, 9.17) is 9.47 Å². The number of nitrogens with one attached hydrogen (secondary N) is 2. The van der Waals surface area contributed by atoms with Gasteiger partial charge in [-0.25, -0.2) is 0 Å². The van der Waals surface area contributed by atoms with Crippen LogP contribution in [0.3, 0.4) is 0 Å². The van der Waals surface area contributed by atoms with E-state index in [-0.39, 0.29) is 22.2 Å². The predicted molar refractivity (Wildman–Crippen MR) is 126 cm³/mol. The molecule has 2 saturated heterocycles. The Balaban J connectivity index is 1.46. The fourth-order valence-corrected chi connectivity index (χ4v) is 6.53. The van der Waals surface area contributed by atoms with Crippen molar-refractivity contribution in [1.82, 2.24) is 10.6 Å². The van der Waals surface area contributed by atoms with Crippen LogP contribution < -0.4 is 10.6 Å². The zero-order valence-corrected chi connectivity index (χ0v) is 21.2. The summed E-state index contributed by atoms with van der Waals surface area (Å²) >= 11 is 0. The second kappa shape index (κ2) is 9.00. The van der Waals surface area contributed by atoms with E-state index in [0.29, 0.717) is 24.4 Å². The maximum atomic E-state index is 6.65. The van der Waals surface area contributed by atoms with Crippen LogP contribution in [0.15, 0.2) is 0 Å². The van der Waals surface area contributed by atoms with Crippen molar-refractivity contribution in [3.05, 3.63) is 0 Å². The van der Waals surface area contributed by atoms with Gasteiger partial charge in [0.2, 0.25) is 0 Å². The Bertz CT molecular complexity index is 511. The maximum Gasteiger partial charge on any atom is 0.0597 e. The molecule has 0 spiro atoms. The predicted octanol–water partition coefficient (Wildman–Crippen LogP) is 5.73. The zero-order valence-electron chi connectivity index (χ0n) is 21.2. The van der Waals surface area contributed by atoms with Gasteiger partial charge >= 0.3 is 0 Å². The molecule has 4 heteroatoms. The molecule has 0 amide bonds. The van der Waals surface area contributed by atoms with Crippen molar-refractivity contribution < 1.29 is 9.47 Å². The Hall–Kier alpha value is -0.160. The molecule has 176 valence electrons. The minimum absolute atomic E-state index is 0.138. The van der Waals surface area contributed by atoms with Crippen LogP contribution >= 0.6 is 0 Å². The average molecular weight is 423 g/mol. The fourth-order valence-electron chi connectivity index (χ4n) is 6.53. The van der Waals surface area contributed by atoms with E-state index in [1.54, 1.807) is 0 Å². The first-order chi connectivity index (χ1) is 13.7. The van der Waals surface area contributed by atoms with Crippen LogP contribution in [0.4, 0.5) is 0 Å². The third-order valence-electron chi connectivity index (χ3n) is 7.40. The third kappa shape index (κ3) is 7.46. The van der Waals surface area contributed by atoms with Crippen LogP contribution in [0.2, 0.25) is 0 Å². The number of hydrogen-bond donors (Lipinski definition) is 2. The molecular weight excluding hydrogens is 372 g/mol. The van der Waals surface area contributed by atoms with Crippen molar-refractivity contribution in [2.75, 3.05) is 0 Å². The highest BCUT2D eigenvalue weighted by Crippen LogP contribution is 2.34. The third-order valence-corrected chi connectivity index (χ3v) is 7.40. The lowest BCUT2D eigenvalue weighted by atomic mass is 9.92. The number of rotatable bonds is 4. The first kappa shape index (κ1) is 24.5. The zero-order chi connectivity index (χ0) is 22.2. The summed E-state index contributed by atoms with van der Waals surface area (Å²) in [7, 11) is 0. The van der Waals surface area contributed by atoms with Crippen LogP contribution in [0.5, 0.6) is 0 Å². The molecule has 4 nitrogen and oxygen atoms in total. The lowest BCUT2D eigenvalue weighted by Crippen LogP contribution is -2.51. The van der Waals surface area contributed by atoms with E-state index < -0.39 is 0 Å². The lowest BCUT2D eigenvalue weighted by molar-refractivity contribution is -0.0897. The summed E-state index contributed by atoms with van der Waals surface area (Å²) in [5.41, 5.74) is 0.671. The maximum absolute atomic E-state index is 6.65. The monoisotopic (exact) mass is 422 g/mol. The smallest absolute Gasteiger partial charge is 0.0597 e. The van der Waals surface area contributed by atoms with Gasteiger partial charge in [-0.05, 0) is 120 Å². The molecule has 2 heterocycles. The van der Waals surface area contributed by atoms with Gasteiger partial charge in [0, 0.05) is 22.2 Å². The van der Waals surface area contributed by atoms with Crippen molar-refractivity contribution in [1.29, 1.82) is 0 Å². The van der Waals surface area contributed by atoms with Crippen molar-refractivity contribution in [3.8, 4) is 0 Å². The van der Waals surface area contributed by atoms with E-state index in [2.05, 4.69) is 66.0 Å². The molecule has 3 rings (SSSR count). The van der Waals surface area contributed by atoms with Crippen LogP contribution in [0.1, 0.15) is 120 Å². The van der Waals surface area contributed by atoms with Crippen molar-refractivity contribution in [2.24, 2.45) is 0 Å². The Morgan fingerprint density at radius 2 is 0.800 bits per heavy atom. The first-order valence-corrected chi connectivity index (χ1v) is 12.6. The summed E-state index contributed by atoms with van der Waals surface area (Å²) in [4.78, 5) is 0. The summed E-state index contributed by atoms with van der Waals surface area (Å²) in [5.74, 6) is 0. The second-order valence-corrected chi connectivity index (χ2v) is 13.2. The standard InChI is InChI=1S/C26H50N2O2/c1-23(2)15-13-21(17-25(5,6)27-23)29-19-9-11-20(12-10-19)30-22-14-16-24(3,4)28-26(7,8)18-22/h19-22,27-28H,9-18H2,1-8H3. The summed E-state index contributed by atoms with van der Waals surface area (Å²) < 4.78 is 13.3. The average Bonchev–Trinajstić information content (AvgIpc) is 2.74. The molecule has 0 radical (unpaired) electrons. The number of ether oxygens (including phenoxy) is 2. The Morgan fingerprint density at radius 3 is 1.13 bits per heavy atom. The fraction of sp³-hybridized carbons (Fsp3) is 1.00. The Kier molecular flexibility index (Phi) is 7.34. The van der Waals surface area contributed by atoms with Gasteiger partial charge in [-0.2, -0.15) is 0 Å². The Morgan fingerprint density at radius 1 is 0.467 bits per heavy atom. The van der Waals surface area contributed by atoms with Crippen LogP contribution in [-0.4, -0.2) is 46.6 Å².